The zero-order chi connectivity index (χ0) is 18.7. The molecule has 0 spiro atoms. The van der Waals surface area contributed by atoms with E-state index >= 15 is 0 Å². The maximum atomic E-state index is 12.5. The molecule has 0 bridgehead atoms. The fourth-order valence-corrected chi connectivity index (χ4v) is 3.36. The molecule has 0 aliphatic carbocycles. The van der Waals surface area contributed by atoms with Crippen molar-refractivity contribution in [3.63, 3.8) is 0 Å². The smallest absolute Gasteiger partial charge is 0.337 e. The summed E-state index contributed by atoms with van der Waals surface area (Å²) in [4.78, 5) is 37.7. The van der Waals surface area contributed by atoms with Gasteiger partial charge in [-0.05, 0) is 53.2 Å². The number of nitrogens with zero attached hydrogens (tertiary/aromatic N) is 1. The second-order valence-electron chi connectivity index (χ2n) is 5.51. The topological polar surface area (TPSA) is 63.7 Å². The van der Waals surface area contributed by atoms with E-state index in [9.17, 15) is 14.4 Å². The van der Waals surface area contributed by atoms with Crippen molar-refractivity contribution in [2.45, 2.75) is 6.54 Å². The number of carbonyl (C=O) groups excluding carboxylic acids is 3. The zero-order valence-corrected chi connectivity index (χ0v) is 15.3. The van der Waals surface area contributed by atoms with Crippen molar-refractivity contribution in [1.82, 2.24) is 4.90 Å². The van der Waals surface area contributed by atoms with Gasteiger partial charge in [-0.25, -0.2) is 4.79 Å². The molecule has 0 saturated carbocycles. The molecule has 0 radical (unpaired) electrons. The lowest BCUT2D eigenvalue weighted by Gasteiger charge is -2.12. The van der Waals surface area contributed by atoms with Gasteiger partial charge >= 0.3 is 5.97 Å². The fraction of sp³-hybridized carbons (Fsp3) is 0.105. The Morgan fingerprint density at radius 2 is 1.77 bits per heavy atom. The number of amides is 2. The number of benzene rings is 2. The normalized spacial score (nSPS) is 15.6. The Kier molecular flexibility index (Phi) is 5.44. The van der Waals surface area contributed by atoms with Gasteiger partial charge in [-0.1, -0.05) is 35.9 Å². The summed E-state index contributed by atoms with van der Waals surface area (Å²) in [5.41, 5.74) is 1.95. The number of thioether (sulfide) groups is 1. The van der Waals surface area contributed by atoms with Gasteiger partial charge in [0, 0.05) is 5.02 Å². The first-order valence-corrected chi connectivity index (χ1v) is 8.85. The van der Waals surface area contributed by atoms with Crippen LogP contribution in [0.15, 0.2) is 53.4 Å². The summed E-state index contributed by atoms with van der Waals surface area (Å²) in [5, 5.41) is 0.278. The van der Waals surface area contributed by atoms with Gasteiger partial charge in [0.1, 0.15) is 0 Å². The van der Waals surface area contributed by atoms with Crippen LogP contribution in [0.5, 0.6) is 0 Å². The van der Waals surface area contributed by atoms with E-state index in [2.05, 4.69) is 4.74 Å². The monoisotopic (exact) mass is 387 g/mol. The summed E-state index contributed by atoms with van der Waals surface area (Å²) in [6.45, 7) is 0.195. The number of methoxy groups -OCH3 is 1. The molecule has 3 rings (SSSR count). The average Bonchev–Trinajstić information content (AvgIpc) is 2.91. The molecule has 1 aliphatic rings. The quantitative estimate of drug-likeness (QED) is 0.576. The predicted molar refractivity (Wildman–Crippen MR) is 101 cm³/mol. The molecule has 1 saturated heterocycles. The van der Waals surface area contributed by atoms with Crippen molar-refractivity contribution in [1.29, 1.82) is 0 Å². The average molecular weight is 388 g/mol. The molecule has 0 unspecified atom stereocenters. The molecule has 5 nitrogen and oxygen atoms in total. The standard InChI is InChI=1S/C19H14ClNO4S/c1-25-18(23)14-6-2-12(3-7-14)10-16-17(22)21(19(24)26-16)11-13-4-8-15(20)9-5-13/h2-10H,11H2,1H3/b16-10-. The van der Waals surface area contributed by atoms with Crippen LogP contribution >= 0.6 is 23.4 Å². The van der Waals surface area contributed by atoms with Gasteiger partial charge < -0.3 is 4.74 Å². The minimum atomic E-state index is -0.431. The van der Waals surface area contributed by atoms with Gasteiger partial charge in [-0.15, -0.1) is 0 Å². The molecule has 1 fully saturated rings. The molecule has 132 valence electrons. The molecule has 26 heavy (non-hydrogen) atoms. The number of hydrogen-bond donors (Lipinski definition) is 0. The van der Waals surface area contributed by atoms with Crippen LogP contribution in [0.4, 0.5) is 4.79 Å². The van der Waals surface area contributed by atoms with Gasteiger partial charge in [0.05, 0.1) is 24.1 Å². The second-order valence-corrected chi connectivity index (χ2v) is 6.94. The lowest BCUT2D eigenvalue weighted by atomic mass is 10.1. The molecule has 7 heteroatoms. The maximum absolute atomic E-state index is 12.5. The molecule has 2 aromatic carbocycles. The number of hydrogen-bond acceptors (Lipinski definition) is 5. The molecule has 1 heterocycles. The summed E-state index contributed by atoms with van der Waals surface area (Å²) >= 11 is 6.74. The number of carbonyl (C=O) groups is 3. The Hall–Kier alpha value is -2.57. The fourth-order valence-electron chi connectivity index (χ4n) is 2.39. The summed E-state index contributed by atoms with van der Waals surface area (Å²) in [6.07, 6.45) is 1.63. The summed E-state index contributed by atoms with van der Waals surface area (Å²) < 4.78 is 4.65. The van der Waals surface area contributed by atoms with Crippen molar-refractivity contribution in [2.24, 2.45) is 0 Å². The highest BCUT2D eigenvalue weighted by Crippen LogP contribution is 2.33. The van der Waals surface area contributed by atoms with Crippen LogP contribution in [0, 0.1) is 0 Å². The Balaban J connectivity index is 1.76. The van der Waals surface area contributed by atoms with E-state index in [1.54, 1.807) is 54.6 Å². The highest BCUT2D eigenvalue weighted by molar-refractivity contribution is 8.18. The maximum Gasteiger partial charge on any atom is 0.337 e. The highest BCUT2D eigenvalue weighted by atomic mass is 35.5. The second kappa shape index (κ2) is 7.76. The summed E-state index contributed by atoms with van der Waals surface area (Å²) in [6, 6.07) is 13.6. The zero-order valence-electron chi connectivity index (χ0n) is 13.8. The molecule has 0 aromatic heterocycles. The van der Waals surface area contributed by atoms with Crippen LogP contribution in [0.25, 0.3) is 6.08 Å². The molecule has 0 N–H and O–H groups in total. The van der Waals surface area contributed by atoms with E-state index in [-0.39, 0.29) is 17.7 Å². The minimum Gasteiger partial charge on any atom is -0.465 e. The lowest BCUT2D eigenvalue weighted by Crippen LogP contribution is -2.27. The molecular formula is C19H14ClNO4S. The van der Waals surface area contributed by atoms with Crippen LogP contribution < -0.4 is 0 Å². The van der Waals surface area contributed by atoms with Crippen LogP contribution in [-0.4, -0.2) is 29.1 Å². The number of halogens is 1. The van der Waals surface area contributed by atoms with Crippen LogP contribution in [0.1, 0.15) is 21.5 Å². The van der Waals surface area contributed by atoms with E-state index in [0.717, 1.165) is 22.9 Å². The largest absolute Gasteiger partial charge is 0.465 e. The number of ether oxygens (including phenoxy) is 1. The van der Waals surface area contributed by atoms with Gasteiger partial charge in [0.25, 0.3) is 11.1 Å². The Bertz CT molecular complexity index is 891. The molecule has 0 atom stereocenters. The molecule has 1 aliphatic heterocycles. The van der Waals surface area contributed by atoms with E-state index in [4.69, 9.17) is 11.6 Å². The van der Waals surface area contributed by atoms with E-state index in [1.807, 2.05) is 0 Å². The van der Waals surface area contributed by atoms with Crippen molar-refractivity contribution in [2.75, 3.05) is 7.11 Å². The van der Waals surface area contributed by atoms with Gasteiger partial charge in [0.2, 0.25) is 0 Å². The third-order valence-electron chi connectivity index (χ3n) is 3.76. The van der Waals surface area contributed by atoms with Crippen LogP contribution in [0.3, 0.4) is 0 Å². The first-order valence-electron chi connectivity index (χ1n) is 7.66. The lowest BCUT2D eigenvalue weighted by molar-refractivity contribution is -0.123. The summed E-state index contributed by atoms with van der Waals surface area (Å²) in [7, 11) is 1.31. The van der Waals surface area contributed by atoms with E-state index < -0.39 is 5.97 Å². The number of rotatable bonds is 4. The first kappa shape index (κ1) is 18.2. The van der Waals surface area contributed by atoms with Gasteiger partial charge in [-0.3, -0.25) is 14.5 Å². The van der Waals surface area contributed by atoms with Crippen LogP contribution in [0.2, 0.25) is 5.02 Å². The van der Waals surface area contributed by atoms with Crippen molar-refractivity contribution in [3.05, 3.63) is 75.1 Å². The summed E-state index contributed by atoms with van der Waals surface area (Å²) in [5.74, 6) is -0.771. The number of imide groups is 1. The van der Waals surface area contributed by atoms with E-state index in [0.29, 0.717) is 15.5 Å². The third kappa shape index (κ3) is 3.98. The van der Waals surface area contributed by atoms with Gasteiger partial charge in [-0.2, -0.15) is 0 Å². The molecule has 2 aromatic rings. The first-order chi connectivity index (χ1) is 12.5. The predicted octanol–water partition coefficient (Wildman–Crippen LogP) is 4.36. The van der Waals surface area contributed by atoms with Gasteiger partial charge in [0.15, 0.2) is 0 Å². The Morgan fingerprint density at radius 1 is 1.12 bits per heavy atom. The van der Waals surface area contributed by atoms with Crippen molar-refractivity contribution in [3.8, 4) is 0 Å². The van der Waals surface area contributed by atoms with Crippen molar-refractivity contribution < 1.29 is 19.1 Å². The molecular weight excluding hydrogens is 374 g/mol. The van der Waals surface area contributed by atoms with Crippen molar-refractivity contribution >= 4 is 46.6 Å². The third-order valence-corrected chi connectivity index (χ3v) is 4.92. The van der Waals surface area contributed by atoms with Crippen LogP contribution in [-0.2, 0) is 16.1 Å². The molecule has 2 amide bonds. The Labute approximate surface area is 159 Å². The number of esters is 1. The Morgan fingerprint density at radius 3 is 2.38 bits per heavy atom. The SMILES string of the molecule is COC(=O)c1ccc(/C=C2\SC(=O)N(Cc3ccc(Cl)cc3)C2=O)cc1. The highest BCUT2D eigenvalue weighted by Gasteiger charge is 2.34. The minimum absolute atomic E-state index is 0.195. The van der Waals surface area contributed by atoms with E-state index in [1.165, 1.54) is 12.0 Å².